The number of allylic oxidation sites excluding steroid dienone is 1. The SMILES string of the molecule is Cl.O=C(/C=C1/c2ccccc2N(C(=O)c2ccc(-n3cccn3)cc2Cl)CCC1(F)F)NCc1ccccn1. The van der Waals surface area contributed by atoms with Crippen molar-refractivity contribution in [3.05, 3.63) is 113 Å². The number of alkyl halides is 2. The zero-order valence-corrected chi connectivity index (χ0v) is 22.0. The summed E-state index contributed by atoms with van der Waals surface area (Å²) in [5.41, 5.74) is 1.33. The number of carbonyl (C=O) groups excluding carboxylic acids is 2. The van der Waals surface area contributed by atoms with E-state index in [9.17, 15) is 9.59 Å². The predicted molar refractivity (Wildman–Crippen MR) is 148 cm³/mol. The van der Waals surface area contributed by atoms with Gasteiger partial charge in [-0.25, -0.2) is 13.5 Å². The number of anilines is 1. The van der Waals surface area contributed by atoms with Crippen molar-refractivity contribution in [3.8, 4) is 5.69 Å². The maximum Gasteiger partial charge on any atom is 0.275 e. The molecule has 0 saturated heterocycles. The van der Waals surface area contributed by atoms with Crippen LogP contribution in [0.15, 0.2) is 91.4 Å². The molecule has 0 atom stereocenters. The second-order valence-corrected chi connectivity index (χ2v) is 9.05. The van der Waals surface area contributed by atoms with Gasteiger partial charge in [0.1, 0.15) is 0 Å². The second kappa shape index (κ2) is 11.8. The van der Waals surface area contributed by atoms with E-state index in [0.29, 0.717) is 11.4 Å². The molecule has 0 saturated carbocycles. The molecule has 2 amide bonds. The van der Waals surface area contributed by atoms with Crippen LogP contribution in [0.4, 0.5) is 14.5 Å². The van der Waals surface area contributed by atoms with Crippen molar-refractivity contribution in [2.45, 2.75) is 18.9 Å². The Kier molecular flexibility index (Phi) is 8.42. The van der Waals surface area contributed by atoms with Crippen LogP contribution in [0.25, 0.3) is 11.3 Å². The molecule has 5 rings (SSSR count). The van der Waals surface area contributed by atoms with Crippen molar-refractivity contribution in [1.29, 1.82) is 0 Å². The minimum atomic E-state index is -3.36. The minimum absolute atomic E-state index is 0. The number of benzene rings is 2. The Morgan fingerprint density at radius 2 is 1.85 bits per heavy atom. The standard InChI is InChI=1S/C28H22ClF2N5O2.ClH/c29-24-16-20(36-14-5-13-34-36)9-10-22(24)27(38)35-15-11-28(30,31)23(21-7-1-2-8-25(21)35)17-26(37)33-18-19-6-3-4-12-32-19;/h1-10,12-14,16-17H,11,15,18H2,(H,33,37);1H/b23-17-;. The van der Waals surface area contributed by atoms with Gasteiger partial charge >= 0.3 is 0 Å². The van der Waals surface area contributed by atoms with Crippen molar-refractivity contribution >= 4 is 47.1 Å². The van der Waals surface area contributed by atoms with E-state index in [4.69, 9.17) is 11.6 Å². The van der Waals surface area contributed by atoms with E-state index in [1.807, 2.05) is 0 Å². The van der Waals surface area contributed by atoms with E-state index < -0.39 is 29.7 Å². The van der Waals surface area contributed by atoms with Crippen LogP contribution in [0.5, 0.6) is 0 Å². The second-order valence-electron chi connectivity index (χ2n) is 8.64. The molecule has 0 bridgehead atoms. The Labute approximate surface area is 234 Å². The average molecular weight is 570 g/mol. The monoisotopic (exact) mass is 569 g/mol. The zero-order chi connectivity index (χ0) is 26.7. The van der Waals surface area contributed by atoms with Gasteiger partial charge in [0.15, 0.2) is 0 Å². The van der Waals surface area contributed by atoms with Gasteiger partial charge in [0.25, 0.3) is 11.8 Å². The first kappa shape index (κ1) is 27.9. The fourth-order valence-corrected chi connectivity index (χ4v) is 4.54. The summed E-state index contributed by atoms with van der Waals surface area (Å²) >= 11 is 6.46. The Morgan fingerprint density at radius 1 is 1.05 bits per heavy atom. The number of para-hydroxylation sites is 1. The van der Waals surface area contributed by atoms with Crippen LogP contribution in [0.3, 0.4) is 0 Å². The molecule has 11 heteroatoms. The first-order valence-electron chi connectivity index (χ1n) is 11.8. The lowest BCUT2D eigenvalue weighted by molar-refractivity contribution is -0.116. The zero-order valence-electron chi connectivity index (χ0n) is 20.4. The molecule has 2 aromatic heterocycles. The van der Waals surface area contributed by atoms with Gasteiger partial charge in [-0.05, 0) is 42.5 Å². The largest absolute Gasteiger partial charge is 0.347 e. The van der Waals surface area contributed by atoms with E-state index in [-0.39, 0.29) is 47.3 Å². The Hall–Kier alpha value is -4.08. The molecule has 39 heavy (non-hydrogen) atoms. The van der Waals surface area contributed by atoms with Crippen LogP contribution < -0.4 is 10.2 Å². The summed E-state index contributed by atoms with van der Waals surface area (Å²) in [6, 6.07) is 18.1. The number of nitrogens with one attached hydrogen (secondary N) is 1. The number of nitrogens with zero attached hydrogens (tertiary/aromatic N) is 4. The van der Waals surface area contributed by atoms with Crippen LogP contribution in [0.2, 0.25) is 5.02 Å². The lowest BCUT2D eigenvalue weighted by Crippen LogP contribution is -2.33. The average Bonchev–Trinajstić information content (AvgIpc) is 3.43. The summed E-state index contributed by atoms with van der Waals surface area (Å²) < 4.78 is 32.4. The van der Waals surface area contributed by atoms with Gasteiger partial charge in [-0.15, -0.1) is 12.4 Å². The van der Waals surface area contributed by atoms with Crippen molar-refractivity contribution in [1.82, 2.24) is 20.1 Å². The number of hydrogen-bond acceptors (Lipinski definition) is 4. The molecule has 0 aliphatic carbocycles. The van der Waals surface area contributed by atoms with Gasteiger partial charge in [0.2, 0.25) is 5.91 Å². The van der Waals surface area contributed by atoms with Crippen molar-refractivity contribution in [2.75, 3.05) is 11.4 Å². The normalized spacial score (nSPS) is 15.2. The number of fused-ring (bicyclic) bond motifs is 1. The van der Waals surface area contributed by atoms with Crippen molar-refractivity contribution < 1.29 is 18.4 Å². The fraction of sp³-hybridized carbons (Fsp3) is 0.143. The van der Waals surface area contributed by atoms with Gasteiger partial charge in [-0.3, -0.25) is 14.6 Å². The van der Waals surface area contributed by atoms with Gasteiger partial charge in [-0.1, -0.05) is 35.9 Å². The van der Waals surface area contributed by atoms with E-state index in [1.54, 1.807) is 83.9 Å². The molecule has 1 N–H and O–H groups in total. The van der Waals surface area contributed by atoms with Crippen LogP contribution in [-0.2, 0) is 11.3 Å². The van der Waals surface area contributed by atoms with Gasteiger partial charge in [-0.2, -0.15) is 5.10 Å². The molecule has 0 spiro atoms. The Morgan fingerprint density at radius 3 is 2.56 bits per heavy atom. The van der Waals surface area contributed by atoms with E-state index in [2.05, 4.69) is 15.4 Å². The molecule has 1 aliphatic rings. The maximum absolute atomic E-state index is 15.4. The number of aromatic nitrogens is 3. The smallest absolute Gasteiger partial charge is 0.275 e. The Bertz CT molecular complexity index is 1510. The highest BCUT2D eigenvalue weighted by Gasteiger charge is 2.41. The summed E-state index contributed by atoms with van der Waals surface area (Å²) in [6.45, 7) is -0.179. The van der Waals surface area contributed by atoms with Crippen molar-refractivity contribution in [3.63, 3.8) is 0 Å². The first-order valence-corrected chi connectivity index (χ1v) is 12.2. The number of halogens is 4. The molecule has 7 nitrogen and oxygen atoms in total. The summed E-state index contributed by atoms with van der Waals surface area (Å²) in [7, 11) is 0. The summed E-state index contributed by atoms with van der Waals surface area (Å²) in [4.78, 5) is 31.7. The summed E-state index contributed by atoms with van der Waals surface area (Å²) in [5.74, 6) is -4.57. The third-order valence-corrected chi connectivity index (χ3v) is 6.48. The molecule has 200 valence electrons. The number of amides is 2. The molecule has 3 heterocycles. The number of hydrogen-bond donors (Lipinski definition) is 1. The van der Waals surface area contributed by atoms with Crippen LogP contribution in [0, 0.1) is 0 Å². The fourth-order valence-electron chi connectivity index (χ4n) is 4.28. The quantitative estimate of drug-likeness (QED) is 0.311. The number of rotatable bonds is 5. The molecular weight excluding hydrogens is 547 g/mol. The first-order chi connectivity index (χ1) is 18.3. The highest BCUT2D eigenvalue weighted by molar-refractivity contribution is 6.34. The molecule has 0 fully saturated rings. The van der Waals surface area contributed by atoms with Gasteiger partial charge < -0.3 is 10.2 Å². The van der Waals surface area contributed by atoms with E-state index in [1.165, 1.54) is 11.0 Å². The van der Waals surface area contributed by atoms with E-state index >= 15 is 8.78 Å². The summed E-state index contributed by atoms with van der Waals surface area (Å²) in [5, 5.41) is 6.92. The highest BCUT2D eigenvalue weighted by Crippen LogP contribution is 2.43. The van der Waals surface area contributed by atoms with E-state index in [0.717, 1.165) is 6.08 Å². The van der Waals surface area contributed by atoms with Crippen LogP contribution in [0.1, 0.15) is 28.0 Å². The lowest BCUT2D eigenvalue weighted by Gasteiger charge is -2.23. The molecule has 0 radical (unpaired) electrons. The molecular formula is C28H23Cl2F2N5O2. The van der Waals surface area contributed by atoms with Crippen LogP contribution >= 0.6 is 24.0 Å². The molecule has 4 aromatic rings. The van der Waals surface area contributed by atoms with Crippen molar-refractivity contribution in [2.24, 2.45) is 0 Å². The molecule has 2 aromatic carbocycles. The third kappa shape index (κ3) is 6.00. The lowest BCUT2D eigenvalue weighted by atomic mass is 9.97. The highest BCUT2D eigenvalue weighted by atomic mass is 35.5. The predicted octanol–water partition coefficient (Wildman–Crippen LogP) is 5.73. The summed E-state index contributed by atoms with van der Waals surface area (Å²) in [6.07, 6.45) is 5.17. The molecule has 1 aliphatic heterocycles. The topological polar surface area (TPSA) is 80.1 Å². The number of pyridine rings is 1. The van der Waals surface area contributed by atoms with Gasteiger partial charge in [0, 0.05) is 48.8 Å². The number of carbonyl (C=O) groups is 2. The molecule has 0 unspecified atom stereocenters. The minimum Gasteiger partial charge on any atom is -0.347 e. The van der Waals surface area contributed by atoms with Gasteiger partial charge in [0.05, 0.1) is 34.2 Å². The Balaban J connectivity index is 0.00000353. The van der Waals surface area contributed by atoms with Crippen LogP contribution in [-0.4, -0.2) is 39.0 Å². The maximum atomic E-state index is 15.4. The third-order valence-electron chi connectivity index (χ3n) is 6.17.